The van der Waals surface area contributed by atoms with Crippen LogP contribution in [0.5, 0.6) is 5.75 Å². The number of benzene rings is 1. The number of hydrogen-bond donors (Lipinski definition) is 0. The first kappa shape index (κ1) is 12.4. The Morgan fingerprint density at radius 1 is 1.35 bits per heavy atom. The smallest absolute Gasteiger partial charge is 0.136 e. The highest BCUT2D eigenvalue weighted by Crippen LogP contribution is 2.28. The van der Waals surface area contributed by atoms with Gasteiger partial charge in [-0.3, -0.25) is 4.90 Å². The lowest BCUT2D eigenvalue weighted by Gasteiger charge is -2.23. The summed E-state index contributed by atoms with van der Waals surface area (Å²) in [5, 5.41) is 0. The maximum Gasteiger partial charge on any atom is 0.136 e. The molecule has 1 aliphatic rings. The molecule has 1 heterocycles. The van der Waals surface area contributed by atoms with Gasteiger partial charge in [-0.1, -0.05) is 25.5 Å². The van der Waals surface area contributed by atoms with Gasteiger partial charge in [-0.2, -0.15) is 0 Å². The van der Waals surface area contributed by atoms with Crippen molar-refractivity contribution >= 4 is 0 Å². The van der Waals surface area contributed by atoms with Gasteiger partial charge in [-0.15, -0.1) is 0 Å². The highest BCUT2D eigenvalue weighted by Gasteiger charge is 2.25. The Labute approximate surface area is 103 Å². The molecule has 3 nitrogen and oxygen atoms in total. The van der Waals surface area contributed by atoms with Crippen LogP contribution in [0.3, 0.4) is 0 Å². The molecule has 0 aliphatic carbocycles. The average molecular weight is 235 g/mol. The van der Waals surface area contributed by atoms with E-state index in [4.69, 9.17) is 9.47 Å². The summed E-state index contributed by atoms with van der Waals surface area (Å²) in [6.45, 7) is 5.21. The monoisotopic (exact) mass is 235 g/mol. The van der Waals surface area contributed by atoms with E-state index in [1.165, 1.54) is 18.4 Å². The summed E-state index contributed by atoms with van der Waals surface area (Å²) < 4.78 is 11.0. The van der Waals surface area contributed by atoms with Crippen LogP contribution in [0.15, 0.2) is 24.3 Å². The molecule has 0 radical (unpaired) electrons. The van der Waals surface area contributed by atoms with Crippen molar-refractivity contribution in [1.82, 2.24) is 4.90 Å². The van der Waals surface area contributed by atoms with Gasteiger partial charge in [-0.25, -0.2) is 0 Å². The van der Waals surface area contributed by atoms with Crippen LogP contribution in [0.25, 0.3) is 0 Å². The minimum absolute atomic E-state index is 0.132. The minimum atomic E-state index is 0.132. The summed E-state index contributed by atoms with van der Waals surface area (Å²) in [5.74, 6) is 0.895. The molecule has 0 aromatic heterocycles. The fraction of sp³-hybridized carbons (Fsp3) is 0.571. The molecule has 0 N–H and O–H groups in total. The fourth-order valence-electron chi connectivity index (χ4n) is 2.17. The number of rotatable bonds is 5. The Hall–Kier alpha value is -1.06. The molecule has 1 fully saturated rings. The van der Waals surface area contributed by atoms with Crippen LogP contribution in [-0.4, -0.2) is 31.7 Å². The summed E-state index contributed by atoms with van der Waals surface area (Å²) in [5.41, 5.74) is 1.22. The second kappa shape index (κ2) is 6.03. The quantitative estimate of drug-likeness (QED) is 0.783. The van der Waals surface area contributed by atoms with Crippen LogP contribution in [0.1, 0.15) is 31.6 Å². The van der Waals surface area contributed by atoms with E-state index < -0.39 is 0 Å². The SMILES string of the molecule is CCCCN1CCOC1c1ccc(OC)cc1. The van der Waals surface area contributed by atoms with E-state index in [0.29, 0.717) is 0 Å². The standard InChI is InChI=1S/C14H21NO2/c1-3-4-9-15-10-11-17-14(15)12-5-7-13(16-2)8-6-12/h5-8,14H,3-4,9-11H2,1-2H3. The first-order valence-corrected chi connectivity index (χ1v) is 6.34. The molecule has 94 valence electrons. The molecule has 1 unspecified atom stereocenters. The minimum Gasteiger partial charge on any atom is -0.497 e. The summed E-state index contributed by atoms with van der Waals surface area (Å²) in [6.07, 6.45) is 2.59. The molecular weight excluding hydrogens is 214 g/mol. The topological polar surface area (TPSA) is 21.7 Å². The van der Waals surface area contributed by atoms with Gasteiger partial charge in [0, 0.05) is 13.1 Å². The molecule has 2 rings (SSSR count). The number of methoxy groups -OCH3 is 1. The summed E-state index contributed by atoms with van der Waals surface area (Å²) in [7, 11) is 1.69. The number of hydrogen-bond acceptors (Lipinski definition) is 3. The van der Waals surface area contributed by atoms with Crippen molar-refractivity contribution in [2.45, 2.75) is 26.0 Å². The van der Waals surface area contributed by atoms with Crippen LogP contribution in [0.4, 0.5) is 0 Å². The Bertz CT molecular complexity index is 337. The summed E-state index contributed by atoms with van der Waals surface area (Å²) in [4.78, 5) is 2.41. The molecule has 0 bridgehead atoms. The third-order valence-electron chi connectivity index (χ3n) is 3.19. The third-order valence-corrected chi connectivity index (χ3v) is 3.19. The van der Waals surface area contributed by atoms with E-state index in [1.807, 2.05) is 12.1 Å². The zero-order valence-corrected chi connectivity index (χ0v) is 10.7. The number of nitrogens with zero attached hydrogens (tertiary/aromatic N) is 1. The van der Waals surface area contributed by atoms with E-state index in [0.717, 1.165) is 25.4 Å². The zero-order chi connectivity index (χ0) is 12.1. The van der Waals surface area contributed by atoms with Crippen molar-refractivity contribution in [2.24, 2.45) is 0 Å². The molecule has 3 heteroatoms. The molecule has 1 saturated heterocycles. The molecule has 17 heavy (non-hydrogen) atoms. The Morgan fingerprint density at radius 2 is 2.12 bits per heavy atom. The maximum atomic E-state index is 5.81. The lowest BCUT2D eigenvalue weighted by atomic mass is 10.1. The molecule has 1 aromatic rings. The van der Waals surface area contributed by atoms with Crippen LogP contribution in [0, 0.1) is 0 Å². The van der Waals surface area contributed by atoms with E-state index in [9.17, 15) is 0 Å². The van der Waals surface area contributed by atoms with Crippen molar-refractivity contribution < 1.29 is 9.47 Å². The summed E-state index contributed by atoms with van der Waals surface area (Å²) >= 11 is 0. The maximum absolute atomic E-state index is 5.81. The first-order valence-electron chi connectivity index (χ1n) is 6.34. The fourth-order valence-corrected chi connectivity index (χ4v) is 2.17. The van der Waals surface area contributed by atoms with E-state index in [1.54, 1.807) is 7.11 Å². The predicted octanol–water partition coefficient (Wildman–Crippen LogP) is 2.83. The highest BCUT2D eigenvalue weighted by molar-refractivity contribution is 5.28. The van der Waals surface area contributed by atoms with Gasteiger partial charge in [0.1, 0.15) is 12.0 Å². The lowest BCUT2D eigenvalue weighted by molar-refractivity contribution is 0.0321. The van der Waals surface area contributed by atoms with Crippen LogP contribution >= 0.6 is 0 Å². The number of ether oxygens (including phenoxy) is 2. The zero-order valence-electron chi connectivity index (χ0n) is 10.7. The third kappa shape index (κ3) is 2.99. The normalized spacial score (nSPS) is 20.7. The molecule has 0 spiro atoms. The Kier molecular flexibility index (Phi) is 4.40. The van der Waals surface area contributed by atoms with Gasteiger partial charge < -0.3 is 9.47 Å². The first-order chi connectivity index (χ1) is 8.35. The van der Waals surface area contributed by atoms with Crippen molar-refractivity contribution in [3.63, 3.8) is 0 Å². The van der Waals surface area contributed by atoms with Crippen LogP contribution < -0.4 is 4.74 Å². The predicted molar refractivity (Wildman–Crippen MR) is 68.2 cm³/mol. The molecular formula is C14H21NO2. The van der Waals surface area contributed by atoms with E-state index >= 15 is 0 Å². The van der Waals surface area contributed by atoms with Crippen molar-refractivity contribution in [3.05, 3.63) is 29.8 Å². The molecule has 1 aromatic carbocycles. The van der Waals surface area contributed by atoms with E-state index in [2.05, 4.69) is 24.0 Å². The Morgan fingerprint density at radius 3 is 2.76 bits per heavy atom. The van der Waals surface area contributed by atoms with Crippen molar-refractivity contribution in [2.75, 3.05) is 26.8 Å². The molecule has 1 atom stereocenters. The van der Waals surface area contributed by atoms with Gasteiger partial charge in [0.15, 0.2) is 0 Å². The average Bonchev–Trinajstić information content (AvgIpc) is 2.84. The second-order valence-corrected chi connectivity index (χ2v) is 4.39. The lowest BCUT2D eigenvalue weighted by Crippen LogP contribution is -2.24. The van der Waals surface area contributed by atoms with Crippen LogP contribution in [0.2, 0.25) is 0 Å². The largest absolute Gasteiger partial charge is 0.497 e. The van der Waals surface area contributed by atoms with Gasteiger partial charge in [0.05, 0.1) is 13.7 Å². The summed E-state index contributed by atoms with van der Waals surface area (Å²) in [6, 6.07) is 8.17. The number of unbranched alkanes of at least 4 members (excludes halogenated alkanes) is 1. The van der Waals surface area contributed by atoms with Gasteiger partial charge in [-0.05, 0) is 24.1 Å². The van der Waals surface area contributed by atoms with Gasteiger partial charge in [0.2, 0.25) is 0 Å². The molecule has 0 amide bonds. The molecule has 1 aliphatic heterocycles. The van der Waals surface area contributed by atoms with Crippen LogP contribution in [-0.2, 0) is 4.74 Å². The Balaban J connectivity index is 2.03. The molecule has 0 saturated carbocycles. The van der Waals surface area contributed by atoms with Crippen molar-refractivity contribution in [3.8, 4) is 5.75 Å². The van der Waals surface area contributed by atoms with Gasteiger partial charge in [0.25, 0.3) is 0 Å². The van der Waals surface area contributed by atoms with E-state index in [-0.39, 0.29) is 6.23 Å². The van der Waals surface area contributed by atoms with Crippen molar-refractivity contribution in [1.29, 1.82) is 0 Å². The van der Waals surface area contributed by atoms with Gasteiger partial charge >= 0.3 is 0 Å². The second-order valence-electron chi connectivity index (χ2n) is 4.39. The highest BCUT2D eigenvalue weighted by atomic mass is 16.5.